The van der Waals surface area contributed by atoms with Crippen LogP contribution in [0.1, 0.15) is 24.5 Å². The fourth-order valence-electron chi connectivity index (χ4n) is 4.59. The maximum Gasteiger partial charge on any atom is 0.172 e. The Morgan fingerprint density at radius 3 is 3.00 bits per heavy atom. The van der Waals surface area contributed by atoms with Crippen LogP contribution in [-0.4, -0.2) is 36.1 Å². The average Bonchev–Trinajstić information content (AvgIpc) is 2.71. The third-order valence-electron chi connectivity index (χ3n) is 5.95. The van der Waals surface area contributed by atoms with Gasteiger partial charge in [0.15, 0.2) is 11.4 Å². The highest BCUT2D eigenvalue weighted by Gasteiger charge is 2.44. The van der Waals surface area contributed by atoms with Crippen LogP contribution in [0.5, 0.6) is 5.75 Å². The van der Waals surface area contributed by atoms with Gasteiger partial charge in [-0.15, -0.1) is 11.5 Å². The molecule has 136 valence electrons. The molecule has 0 N–H and O–H groups in total. The van der Waals surface area contributed by atoms with Crippen molar-refractivity contribution in [1.82, 2.24) is 9.88 Å². The molecule has 3 fully saturated rings. The molecule has 6 nitrogen and oxygen atoms in total. The summed E-state index contributed by atoms with van der Waals surface area (Å²) in [5.41, 5.74) is 1.78. The first-order chi connectivity index (χ1) is 12.7. The summed E-state index contributed by atoms with van der Waals surface area (Å²) in [6.07, 6.45) is 5.55. The van der Waals surface area contributed by atoms with Crippen LogP contribution in [-0.2, 0) is 4.84 Å². The smallest absolute Gasteiger partial charge is 0.172 e. The van der Waals surface area contributed by atoms with Gasteiger partial charge >= 0.3 is 0 Å². The molecule has 2 bridgehead atoms. The van der Waals surface area contributed by atoms with E-state index in [-0.39, 0.29) is 6.04 Å². The van der Waals surface area contributed by atoms with Crippen molar-refractivity contribution < 1.29 is 9.57 Å². The summed E-state index contributed by atoms with van der Waals surface area (Å²) in [5.74, 6) is 1.85. The minimum Gasteiger partial charge on any atom is -0.497 e. The Bertz CT molecular complexity index is 825. The predicted octanol–water partition coefficient (Wildman–Crippen LogP) is 3.88. The molecule has 5 atom stereocenters. The molecule has 0 spiro atoms. The van der Waals surface area contributed by atoms with Crippen molar-refractivity contribution >= 4 is 10.9 Å². The molecular weight excluding hydrogens is 330 g/mol. The minimum absolute atomic E-state index is 0.124. The number of methoxy groups -OCH3 is 1. The number of piperidine rings is 3. The number of nitrogens with zero attached hydrogens (tertiary/aromatic N) is 3. The van der Waals surface area contributed by atoms with E-state index in [1.165, 1.54) is 6.42 Å². The minimum atomic E-state index is -0.418. The van der Waals surface area contributed by atoms with Gasteiger partial charge in [0.2, 0.25) is 0 Å². The molecular formula is C20H23N3O3. The average molecular weight is 353 g/mol. The van der Waals surface area contributed by atoms with Crippen LogP contribution >= 0.6 is 0 Å². The third-order valence-corrected chi connectivity index (χ3v) is 5.95. The molecule has 26 heavy (non-hydrogen) atoms. The van der Waals surface area contributed by atoms with Gasteiger partial charge in [0.1, 0.15) is 5.75 Å². The van der Waals surface area contributed by atoms with Crippen molar-refractivity contribution in [2.24, 2.45) is 17.2 Å². The van der Waals surface area contributed by atoms with Crippen LogP contribution in [0.2, 0.25) is 0 Å². The molecule has 2 unspecified atom stereocenters. The molecule has 2 aromatic rings. The third kappa shape index (κ3) is 2.84. The quantitative estimate of drug-likeness (QED) is 0.448. The second-order valence-electron chi connectivity index (χ2n) is 7.13. The van der Waals surface area contributed by atoms with E-state index in [2.05, 4.69) is 27.9 Å². The SMILES string of the molecule is C=C[C@H]1CN2CC[C@H]1CC2[C@H](ON=O)c1ccnc2ccc(OC)cc12. The number of rotatable bonds is 6. The summed E-state index contributed by atoms with van der Waals surface area (Å²) in [5, 5.41) is 3.74. The highest BCUT2D eigenvalue weighted by molar-refractivity contribution is 5.84. The fraction of sp³-hybridized carbons (Fsp3) is 0.450. The van der Waals surface area contributed by atoms with Crippen molar-refractivity contribution in [2.45, 2.75) is 25.0 Å². The van der Waals surface area contributed by atoms with Gasteiger partial charge in [-0.05, 0) is 55.5 Å². The first kappa shape index (κ1) is 17.0. The second kappa shape index (κ2) is 7.03. The molecule has 1 aromatic heterocycles. The van der Waals surface area contributed by atoms with Gasteiger partial charge in [-0.2, -0.15) is 0 Å². The lowest BCUT2D eigenvalue weighted by Crippen LogP contribution is -2.55. The van der Waals surface area contributed by atoms with Crippen LogP contribution in [0.4, 0.5) is 0 Å². The predicted molar refractivity (Wildman–Crippen MR) is 99.7 cm³/mol. The first-order valence-electron chi connectivity index (χ1n) is 9.03. The summed E-state index contributed by atoms with van der Waals surface area (Å²) < 4.78 is 5.37. The maximum atomic E-state index is 11.1. The molecule has 0 saturated carbocycles. The highest BCUT2D eigenvalue weighted by Crippen LogP contribution is 2.43. The van der Waals surface area contributed by atoms with Crippen LogP contribution < -0.4 is 4.74 Å². The summed E-state index contributed by atoms with van der Waals surface area (Å²) in [6, 6.07) is 7.80. The zero-order valence-electron chi connectivity index (χ0n) is 14.9. The fourth-order valence-corrected chi connectivity index (χ4v) is 4.59. The van der Waals surface area contributed by atoms with Crippen LogP contribution in [0.3, 0.4) is 0 Å². The molecule has 0 radical (unpaired) electrons. The topological polar surface area (TPSA) is 64.0 Å². The van der Waals surface area contributed by atoms with Gasteiger partial charge in [-0.3, -0.25) is 9.88 Å². The van der Waals surface area contributed by atoms with E-state index in [1.54, 1.807) is 13.3 Å². The van der Waals surface area contributed by atoms with E-state index in [9.17, 15) is 4.91 Å². The van der Waals surface area contributed by atoms with Gasteiger partial charge in [-0.25, -0.2) is 0 Å². The van der Waals surface area contributed by atoms with Gasteiger partial charge in [0.25, 0.3) is 0 Å². The van der Waals surface area contributed by atoms with Crippen LogP contribution in [0.15, 0.2) is 48.5 Å². The first-order valence-corrected chi connectivity index (χ1v) is 9.03. The van der Waals surface area contributed by atoms with E-state index in [4.69, 9.17) is 9.57 Å². The van der Waals surface area contributed by atoms with Gasteiger partial charge in [0.05, 0.1) is 18.7 Å². The van der Waals surface area contributed by atoms with Crippen molar-refractivity contribution in [3.05, 3.63) is 53.6 Å². The summed E-state index contributed by atoms with van der Waals surface area (Å²) >= 11 is 0. The number of fused-ring (bicyclic) bond motifs is 4. The Labute approximate surface area is 152 Å². The van der Waals surface area contributed by atoms with Gasteiger partial charge in [0, 0.05) is 23.7 Å². The lowest BCUT2D eigenvalue weighted by atomic mass is 9.73. The van der Waals surface area contributed by atoms with Crippen molar-refractivity contribution in [2.75, 3.05) is 20.2 Å². The number of pyridine rings is 1. The lowest BCUT2D eigenvalue weighted by Gasteiger charge is -2.50. The van der Waals surface area contributed by atoms with E-state index in [0.717, 1.165) is 41.7 Å². The molecule has 3 aliphatic rings. The zero-order valence-corrected chi connectivity index (χ0v) is 14.9. The standard InChI is InChI=1S/C20H23N3O3/c1-3-13-12-23-9-7-14(13)10-19(23)20(26-22-24)16-6-8-21-18-5-4-15(25-2)11-17(16)18/h3-6,8,11,13-14,19-20H,1,7,9-10,12H2,2H3/t13-,14-,19?,20+/m0/s1. The Balaban J connectivity index is 1.75. The Morgan fingerprint density at radius 2 is 2.31 bits per heavy atom. The summed E-state index contributed by atoms with van der Waals surface area (Å²) in [7, 11) is 1.64. The molecule has 3 aliphatic heterocycles. The van der Waals surface area contributed by atoms with Crippen molar-refractivity contribution in [3.8, 4) is 5.75 Å². The summed E-state index contributed by atoms with van der Waals surface area (Å²) in [4.78, 5) is 23.3. The zero-order chi connectivity index (χ0) is 18.1. The van der Waals surface area contributed by atoms with Crippen molar-refractivity contribution in [3.63, 3.8) is 0 Å². The molecule has 3 saturated heterocycles. The normalized spacial score (nSPS) is 28.5. The Kier molecular flexibility index (Phi) is 4.59. The molecule has 4 heterocycles. The number of aromatic nitrogens is 1. The molecule has 1 aromatic carbocycles. The van der Waals surface area contributed by atoms with Crippen LogP contribution in [0, 0.1) is 16.7 Å². The number of hydrogen-bond acceptors (Lipinski definition) is 6. The highest BCUT2D eigenvalue weighted by atomic mass is 16.7. The Morgan fingerprint density at radius 1 is 1.42 bits per heavy atom. The Hall–Kier alpha value is -2.47. The second-order valence-corrected chi connectivity index (χ2v) is 7.13. The van der Waals surface area contributed by atoms with Crippen molar-refractivity contribution in [1.29, 1.82) is 0 Å². The number of hydrogen-bond donors (Lipinski definition) is 0. The maximum absolute atomic E-state index is 11.1. The van der Waals surface area contributed by atoms with E-state index < -0.39 is 6.10 Å². The lowest BCUT2D eigenvalue weighted by molar-refractivity contribution is -0.0752. The van der Waals surface area contributed by atoms with Gasteiger partial charge in [-0.1, -0.05) is 6.08 Å². The number of ether oxygens (including phenoxy) is 1. The van der Waals surface area contributed by atoms with E-state index >= 15 is 0 Å². The molecule has 6 heteroatoms. The van der Waals surface area contributed by atoms with Crippen LogP contribution in [0.25, 0.3) is 10.9 Å². The monoisotopic (exact) mass is 353 g/mol. The largest absolute Gasteiger partial charge is 0.497 e. The van der Waals surface area contributed by atoms with Gasteiger partial charge < -0.3 is 9.57 Å². The van der Waals surface area contributed by atoms with E-state index in [0.29, 0.717) is 11.8 Å². The molecule has 0 amide bonds. The molecule has 0 aliphatic carbocycles. The summed E-state index contributed by atoms with van der Waals surface area (Å²) in [6.45, 7) is 5.96. The number of benzene rings is 1. The molecule has 5 rings (SSSR count). The van der Waals surface area contributed by atoms with E-state index in [1.807, 2.05) is 24.3 Å².